The van der Waals surface area contributed by atoms with Crippen LogP contribution >= 0.6 is 15.9 Å². The van der Waals surface area contributed by atoms with Crippen molar-refractivity contribution in [3.63, 3.8) is 0 Å². The van der Waals surface area contributed by atoms with Gasteiger partial charge in [0, 0.05) is 6.54 Å². The Bertz CT molecular complexity index is 499. The Balaban J connectivity index is 2.30. The van der Waals surface area contributed by atoms with Gasteiger partial charge in [0.15, 0.2) is 0 Å². The van der Waals surface area contributed by atoms with E-state index < -0.39 is 0 Å². The van der Waals surface area contributed by atoms with Crippen LogP contribution in [-0.2, 0) is 13.1 Å². The lowest BCUT2D eigenvalue weighted by molar-refractivity contribution is 0.559. The lowest BCUT2D eigenvalue weighted by Crippen LogP contribution is -2.11. The molecule has 0 bridgehead atoms. The minimum absolute atomic E-state index is 0.659. The molecule has 0 aliphatic heterocycles. The van der Waals surface area contributed by atoms with Crippen LogP contribution in [0.15, 0.2) is 10.8 Å². The maximum atomic E-state index is 4.45. The van der Waals surface area contributed by atoms with Gasteiger partial charge in [0.1, 0.15) is 18.7 Å². The SMILES string of the molecule is CCn1ncnc1Cn1nc(C)c(Br)c1C. The summed E-state index contributed by atoms with van der Waals surface area (Å²) in [6.45, 7) is 7.56. The second kappa shape index (κ2) is 4.37. The van der Waals surface area contributed by atoms with Crippen LogP contribution in [0.2, 0.25) is 0 Å². The second-order valence-electron chi connectivity index (χ2n) is 3.63. The van der Waals surface area contributed by atoms with Crippen molar-refractivity contribution < 1.29 is 0 Å². The van der Waals surface area contributed by atoms with Crippen molar-refractivity contribution in [1.29, 1.82) is 0 Å². The highest BCUT2D eigenvalue weighted by Gasteiger charge is 2.11. The minimum atomic E-state index is 0.659. The topological polar surface area (TPSA) is 48.5 Å². The summed E-state index contributed by atoms with van der Waals surface area (Å²) in [5.74, 6) is 0.931. The van der Waals surface area contributed by atoms with Crippen LogP contribution in [-0.4, -0.2) is 24.5 Å². The molecule has 2 rings (SSSR count). The second-order valence-corrected chi connectivity index (χ2v) is 4.43. The first-order chi connectivity index (χ1) is 7.63. The van der Waals surface area contributed by atoms with E-state index >= 15 is 0 Å². The van der Waals surface area contributed by atoms with E-state index in [0.717, 1.165) is 28.2 Å². The van der Waals surface area contributed by atoms with Crippen molar-refractivity contribution in [2.45, 2.75) is 33.9 Å². The van der Waals surface area contributed by atoms with E-state index in [4.69, 9.17) is 0 Å². The predicted molar refractivity (Wildman–Crippen MR) is 64.2 cm³/mol. The van der Waals surface area contributed by atoms with Gasteiger partial charge in [-0.1, -0.05) is 0 Å². The number of hydrogen-bond donors (Lipinski definition) is 0. The average molecular weight is 284 g/mol. The molecule has 0 saturated heterocycles. The normalized spacial score (nSPS) is 11.0. The van der Waals surface area contributed by atoms with Gasteiger partial charge in [-0.3, -0.25) is 4.68 Å². The molecule has 0 spiro atoms. The molecule has 6 heteroatoms. The van der Waals surface area contributed by atoms with Crippen LogP contribution in [0.1, 0.15) is 24.1 Å². The maximum absolute atomic E-state index is 4.45. The maximum Gasteiger partial charge on any atom is 0.148 e. The van der Waals surface area contributed by atoms with Gasteiger partial charge in [-0.05, 0) is 36.7 Å². The molecule has 0 N–H and O–H groups in total. The van der Waals surface area contributed by atoms with Crippen LogP contribution < -0.4 is 0 Å². The average Bonchev–Trinajstić information content (AvgIpc) is 2.81. The molecular formula is C10H14BrN5. The summed E-state index contributed by atoms with van der Waals surface area (Å²) < 4.78 is 4.88. The Morgan fingerprint density at radius 2 is 2.06 bits per heavy atom. The van der Waals surface area contributed by atoms with Gasteiger partial charge in [-0.2, -0.15) is 10.2 Å². The monoisotopic (exact) mass is 283 g/mol. The Labute approximate surface area is 103 Å². The van der Waals surface area contributed by atoms with Crippen LogP contribution in [0.25, 0.3) is 0 Å². The molecule has 86 valence electrons. The highest BCUT2D eigenvalue weighted by atomic mass is 79.9. The summed E-state index contributed by atoms with van der Waals surface area (Å²) >= 11 is 3.51. The first-order valence-electron chi connectivity index (χ1n) is 5.19. The van der Waals surface area contributed by atoms with Gasteiger partial charge >= 0.3 is 0 Å². The number of rotatable bonds is 3. The number of aromatic nitrogens is 5. The third kappa shape index (κ3) is 1.89. The van der Waals surface area contributed by atoms with E-state index in [9.17, 15) is 0 Å². The summed E-state index contributed by atoms with van der Waals surface area (Å²) in [4.78, 5) is 4.24. The van der Waals surface area contributed by atoms with Gasteiger partial charge in [-0.15, -0.1) is 0 Å². The van der Waals surface area contributed by atoms with Crippen LogP contribution in [0.4, 0.5) is 0 Å². The standard InChI is InChI=1S/C10H14BrN5/c1-4-15-9(12-6-13-15)5-16-8(3)10(11)7(2)14-16/h6H,4-5H2,1-3H3. The molecule has 16 heavy (non-hydrogen) atoms. The fourth-order valence-corrected chi connectivity index (χ4v) is 1.92. The molecule has 5 nitrogen and oxygen atoms in total. The van der Waals surface area contributed by atoms with Gasteiger partial charge in [0.25, 0.3) is 0 Å². The van der Waals surface area contributed by atoms with Crippen LogP contribution in [0.3, 0.4) is 0 Å². The fourth-order valence-electron chi connectivity index (χ4n) is 1.64. The van der Waals surface area contributed by atoms with Gasteiger partial charge in [-0.25, -0.2) is 9.67 Å². The van der Waals surface area contributed by atoms with Gasteiger partial charge in [0.05, 0.1) is 15.9 Å². The summed E-state index contributed by atoms with van der Waals surface area (Å²) in [6.07, 6.45) is 1.58. The molecule has 2 aromatic heterocycles. The third-order valence-corrected chi connectivity index (χ3v) is 3.73. The molecule has 0 unspecified atom stereocenters. The first kappa shape index (κ1) is 11.3. The third-order valence-electron chi connectivity index (χ3n) is 2.58. The molecule has 0 aliphatic rings. The predicted octanol–water partition coefficient (Wildman–Crippen LogP) is 1.92. The van der Waals surface area contributed by atoms with Crippen molar-refractivity contribution in [3.05, 3.63) is 28.0 Å². The molecule has 2 aromatic rings. The quantitative estimate of drug-likeness (QED) is 0.865. The van der Waals surface area contributed by atoms with E-state index in [-0.39, 0.29) is 0 Å². The van der Waals surface area contributed by atoms with Gasteiger partial charge in [0.2, 0.25) is 0 Å². The molecule has 0 radical (unpaired) electrons. The van der Waals surface area contributed by atoms with E-state index in [1.807, 2.05) is 23.2 Å². The molecular weight excluding hydrogens is 270 g/mol. The summed E-state index contributed by atoms with van der Waals surface area (Å²) in [5, 5.41) is 8.59. The Kier molecular flexibility index (Phi) is 3.09. The van der Waals surface area contributed by atoms with Crippen molar-refractivity contribution in [2.24, 2.45) is 0 Å². The van der Waals surface area contributed by atoms with Crippen LogP contribution in [0, 0.1) is 13.8 Å². The largest absolute Gasteiger partial charge is 0.261 e. The molecule has 2 heterocycles. The van der Waals surface area contributed by atoms with Crippen molar-refractivity contribution >= 4 is 15.9 Å². The molecule has 0 aliphatic carbocycles. The molecule has 0 saturated carbocycles. The van der Waals surface area contributed by atoms with E-state index in [0.29, 0.717) is 6.54 Å². The summed E-state index contributed by atoms with van der Waals surface area (Å²) in [5.41, 5.74) is 2.11. The Hall–Kier alpha value is -1.17. The number of hydrogen-bond acceptors (Lipinski definition) is 3. The Morgan fingerprint density at radius 1 is 1.31 bits per heavy atom. The molecule has 0 amide bonds. The zero-order valence-corrected chi connectivity index (χ0v) is 11.2. The highest BCUT2D eigenvalue weighted by molar-refractivity contribution is 9.10. The zero-order chi connectivity index (χ0) is 11.7. The lowest BCUT2D eigenvalue weighted by atomic mass is 10.4. The van der Waals surface area contributed by atoms with Crippen molar-refractivity contribution in [1.82, 2.24) is 24.5 Å². The summed E-state index contributed by atoms with van der Waals surface area (Å²) in [7, 11) is 0. The van der Waals surface area contributed by atoms with E-state index in [1.54, 1.807) is 6.33 Å². The summed E-state index contributed by atoms with van der Waals surface area (Å²) in [6, 6.07) is 0. The molecule has 0 aromatic carbocycles. The number of nitrogens with zero attached hydrogens (tertiary/aromatic N) is 5. The first-order valence-corrected chi connectivity index (χ1v) is 5.99. The lowest BCUT2D eigenvalue weighted by Gasteiger charge is -2.05. The Morgan fingerprint density at radius 3 is 2.62 bits per heavy atom. The highest BCUT2D eigenvalue weighted by Crippen LogP contribution is 2.20. The van der Waals surface area contributed by atoms with Crippen LogP contribution in [0.5, 0.6) is 0 Å². The zero-order valence-electron chi connectivity index (χ0n) is 9.61. The van der Waals surface area contributed by atoms with Crippen molar-refractivity contribution in [3.8, 4) is 0 Å². The number of halogens is 1. The van der Waals surface area contributed by atoms with E-state index in [1.165, 1.54) is 0 Å². The fraction of sp³-hybridized carbons (Fsp3) is 0.500. The number of aryl methyl sites for hydroxylation is 2. The van der Waals surface area contributed by atoms with Gasteiger partial charge < -0.3 is 0 Å². The minimum Gasteiger partial charge on any atom is -0.261 e. The van der Waals surface area contributed by atoms with Crippen molar-refractivity contribution in [2.75, 3.05) is 0 Å². The smallest absolute Gasteiger partial charge is 0.148 e. The molecule has 0 atom stereocenters. The van der Waals surface area contributed by atoms with E-state index in [2.05, 4.69) is 38.0 Å². The molecule has 0 fully saturated rings.